The molecule has 3 rings (SSSR count). The Balaban J connectivity index is 1.73. The molecule has 0 radical (unpaired) electrons. The lowest BCUT2D eigenvalue weighted by Gasteiger charge is -2.10. The van der Waals surface area contributed by atoms with Crippen molar-refractivity contribution >= 4 is 35.0 Å². The highest BCUT2D eigenvalue weighted by atomic mass is 35.5. The third-order valence-electron chi connectivity index (χ3n) is 4.26. The smallest absolute Gasteiger partial charge is 0.267 e. The molecule has 0 saturated carbocycles. The number of rotatable bonds is 4. The van der Waals surface area contributed by atoms with E-state index in [1.54, 1.807) is 29.8 Å². The molecular weight excluding hydrogens is 399 g/mol. The Morgan fingerprint density at radius 1 is 0.893 bits per heavy atom. The first kappa shape index (κ1) is 19.9. The second-order valence-electron chi connectivity index (χ2n) is 6.19. The summed E-state index contributed by atoms with van der Waals surface area (Å²) in [6, 6.07) is 14.5. The normalized spacial score (nSPS) is 10.6. The number of benzene rings is 2. The van der Waals surface area contributed by atoms with E-state index in [2.05, 4.69) is 16.0 Å². The van der Waals surface area contributed by atoms with Crippen molar-refractivity contribution in [2.75, 3.05) is 0 Å². The Labute approximate surface area is 172 Å². The van der Waals surface area contributed by atoms with Crippen LogP contribution in [0.1, 0.15) is 37.7 Å². The molecule has 3 aromatic rings. The molecule has 0 aliphatic carbocycles. The molecule has 0 atom stereocenters. The average molecular weight is 417 g/mol. The van der Waals surface area contributed by atoms with E-state index >= 15 is 0 Å². The van der Waals surface area contributed by atoms with Gasteiger partial charge in [-0.25, -0.2) is 0 Å². The zero-order valence-corrected chi connectivity index (χ0v) is 16.8. The summed E-state index contributed by atoms with van der Waals surface area (Å²) in [6.07, 6.45) is 0. The standard InChI is InChI=1S/C20H18Cl2N4O2/c1-12-17(13(2)26(25-12)11-14-7-4-3-5-8-14)19(27)23-24-20(28)18-15(21)9-6-10-16(18)22/h3-10H,11H2,1-2H3,(H,23,27)(H,24,28). The molecule has 0 bridgehead atoms. The second-order valence-corrected chi connectivity index (χ2v) is 7.01. The maximum atomic E-state index is 12.6. The predicted molar refractivity (Wildman–Crippen MR) is 109 cm³/mol. The number of halogens is 2. The van der Waals surface area contributed by atoms with Crippen molar-refractivity contribution in [2.45, 2.75) is 20.4 Å². The maximum Gasteiger partial charge on any atom is 0.273 e. The van der Waals surface area contributed by atoms with Crippen molar-refractivity contribution in [1.29, 1.82) is 0 Å². The minimum atomic E-state index is -0.601. The number of carbonyl (C=O) groups is 2. The van der Waals surface area contributed by atoms with Crippen LogP contribution in [0.25, 0.3) is 0 Å². The lowest BCUT2D eigenvalue weighted by atomic mass is 10.2. The van der Waals surface area contributed by atoms with Gasteiger partial charge < -0.3 is 0 Å². The number of aromatic nitrogens is 2. The summed E-state index contributed by atoms with van der Waals surface area (Å²) in [5.74, 6) is -1.07. The highest BCUT2D eigenvalue weighted by molar-refractivity contribution is 6.39. The van der Waals surface area contributed by atoms with E-state index in [9.17, 15) is 9.59 Å². The van der Waals surface area contributed by atoms with Crippen molar-refractivity contribution in [2.24, 2.45) is 0 Å². The van der Waals surface area contributed by atoms with E-state index in [4.69, 9.17) is 23.2 Å². The van der Waals surface area contributed by atoms with Crippen molar-refractivity contribution in [3.05, 3.63) is 86.7 Å². The van der Waals surface area contributed by atoms with Gasteiger partial charge in [0.25, 0.3) is 11.8 Å². The molecule has 1 heterocycles. The first-order chi connectivity index (χ1) is 13.4. The summed E-state index contributed by atoms with van der Waals surface area (Å²) in [7, 11) is 0. The highest BCUT2D eigenvalue weighted by Crippen LogP contribution is 2.23. The molecule has 0 spiro atoms. The fraction of sp³-hybridized carbons (Fsp3) is 0.150. The van der Waals surface area contributed by atoms with Crippen LogP contribution in [0.4, 0.5) is 0 Å². The number of nitrogens with one attached hydrogen (secondary N) is 2. The van der Waals surface area contributed by atoms with Crippen LogP contribution in [0.3, 0.4) is 0 Å². The SMILES string of the molecule is Cc1nn(Cc2ccccc2)c(C)c1C(=O)NNC(=O)c1c(Cl)cccc1Cl. The van der Waals surface area contributed by atoms with Gasteiger partial charge in [-0.3, -0.25) is 25.1 Å². The van der Waals surface area contributed by atoms with Crippen LogP contribution in [-0.2, 0) is 6.54 Å². The molecular formula is C20H18Cl2N4O2. The Hall–Kier alpha value is -2.83. The number of nitrogens with zero attached hydrogens (tertiary/aromatic N) is 2. The number of aryl methyl sites for hydroxylation is 1. The van der Waals surface area contributed by atoms with Gasteiger partial charge in [-0.1, -0.05) is 59.6 Å². The van der Waals surface area contributed by atoms with Crippen molar-refractivity contribution < 1.29 is 9.59 Å². The molecule has 0 unspecified atom stereocenters. The minimum Gasteiger partial charge on any atom is -0.267 e. The molecule has 144 valence electrons. The Bertz CT molecular complexity index is 1010. The molecule has 1 aromatic heterocycles. The zero-order chi connectivity index (χ0) is 20.3. The first-order valence-corrected chi connectivity index (χ1v) is 9.26. The van der Waals surface area contributed by atoms with E-state index in [0.717, 1.165) is 5.56 Å². The van der Waals surface area contributed by atoms with E-state index in [1.807, 2.05) is 37.3 Å². The average Bonchev–Trinajstić information content (AvgIpc) is 2.94. The van der Waals surface area contributed by atoms with Gasteiger partial charge in [0.1, 0.15) is 0 Å². The summed E-state index contributed by atoms with van der Waals surface area (Å²) >= 11 is 12.0. The molecule has 2 N–H and O–H groups in total. The van der Waals surface area contributed by atoms with E-state index in [0.29, 0.717) is 23.5 Å². The van der Waals surface area contributed by atoms with Crippen LogP contribution in [0, 0.1) is 13.8 Å². The number of hydrogen-bond acceptors (Lipinski definition) is 3. The van der Waals surface area contributed by atoms with Gasteiger partial charge in [-0.2, -0.15) is 5.10 Å². The van der Waals surface area contributed by atoms with Crippen molar-refractivity contribution in [3.8, 4) is 0 Å². The highest BCUT2D eigenvalue weighted by Gasteiger charge is 2.20. The van der Waals surface area contributed by atoms with E-state index < -0.39 is 11.8 Å². The Kier molecular flexibility index (Phi) is 6.02. The fourth-order valence-electron chi connectivity index (χ4n) is 2.89. The largest absolute Gasteiger partial charge is 0.273 e. The molecule has 28 heavy (non-hydrogen) atoms. The molecule has 0 saturated heterocycles. The molecule has 8 heteroatoms. The zero-order valence-electron chi connectivity index (χ0n) is 15.3. The first-order valence-electron chi connectivity index (χ1n) is 8.51. The third kappa shape index (κ3) is 4.18. The van der Waals surface area contributed by atoms with Gasteiger partial charge in [0.2, 0.25) is 0 Å². The fourth-order valence-corrected chi connectivity index (χ4v) is 3.46. The number of carbonyl (C=O) groups excluding carboxylic acids is 2. The molecule has 6 nitrogen and oxygen atoms in total. The summed E-state index contributed by atoms with van der Waals surface area (Å²) in [4.78, 5) is 24.9. The Morgan fingerprint density at radius 2 is 1.46 bits per heavy atom. The van der Waals surface area contributed by atoms with E-state index in [1.165, 1.54) is 0 Å². The minimum absolute atomic E-state index is 0.0966. The van der Waals surface area contributed by atoms with Gasteiger partial charge >= 0.3 is 0 Å². The van der Waals surface area contributed by atoms with Gasteiger partial charge in [-0.05, 0) is 31.5 Å². The summed E-state index contributed by atoms with van der Waals surface area (Å²) in [6.45, 7) is 4.10. The van der Waals surface area contributed by atoms with Gasteiger partial charge in [0, 0.05) is 5.69 Å². The second kappa shape index (κ2) is 8.46. The lowest BCUT2D eigenvalue weighted by Crippen LogP contribution is -2.42. The van der Waals surface area contributed by atoms with E-state index in [-0.39, 0.29) is 15.6 Å². The predicted octanol–water partition coefficient (Wildman–Crippen LogP) is 3.93. The van der Waals surface area contributed by atoms with Crippen molar-refractivity contribution in [1.82, 2.24) is 20.6 Å². The topological polar surface area (TPSA) is 76.0 Å². The third-order valence-corrected chi connectivity index (χ3v) is 4.89. The summed E-state index contributed by atoms with van der Waals surface area (Å²) in [5.41, 5.74) is 7.58. The molecule has 2 aromatic carbocycles. The van der Waals surface area contributed by atoms with Gasteiger partial charge in [-0.15, -0.1) is 0 Å². The number of hydrazine groups is 1. The summed E-state index contributed by atoms with van der Waals surface area (Å²) < 4.78 is 1.76. The quantitative estimate of drug-likeness (QED) is 0.632. The van der Waals surface area contributed by atoms with Crippen LogP contribution in [0.5, 0.6) is 0 Å². The summed E-state index contributed by atoms with van der Waals surface area (Å²) in [5, 5.41) is 4.83. The van der Waals surface area contributed by atoms with Crippen LogP contribution in [-0.4, -0.2) is 21.6 Å². The number of amides is 2. The number of hydrogen-bond donors (Lipinski definition) is 2. The molecule has 2 amide bonds. The van der Waals surface area contributed by atoms with Crippen LogP contribution in [0.2, 0.25) is 10.0 Å². The van der Waals surface area contributed by atoms with Crippen LogP contribution >= 0.6 is 23.2 Å². The van der Waals surface area contributed by atoms with Crippen molar-refractivity contribution in [3.63, 3.8) is 0 Å². The van der Waals surface area contributed by atoms with Gasteiger partial charge in [0.15, 0.2) is 0 Å². The molecule has 0 aliphatic heterocycles. The lowest BCUT2D eigenvalue weighted by molar-refractivity contribution is 0.0846. The monoisotopic (exact) mass is 416 g/mol. The van der Waals surface area contributed by atoms with Gasteiger partial charge in [0.05, 0.1) is 33.4 Å². The molecule has 0 fully saturated rings. The maximum absolute atomic E-state index is 12.6. The molecule has 0 aliphatic rings. The van der Waals surface area contributed by atoms with Crippen LogP contribution < -0.4 is 10.9 Å². The Morgan fingerprint density at radius 3 is 2.07 bits per heavy atom. The van der Waals surface area contributed by atoms with Crippen LogP contribution in [0.15, 0.2) is 48.5 Å².